The maximum atomic E-state index is 12.6. The number of hydrogen-bond acceptors (Lipinski definition) is 5. The number of amides is 1. The number of nitrogens with zero attached hydrogens (tertiary/aromatic N) is 3. The Balaban J connectivity index is 1.67. The molecular formula is C21H26N4OS2. The predicted octanol–water partition coefficient (Wildman–Crippen LogP) is 4.96. The Bertz CT molecular complexity index is 939. The van der Waals surface area contributed by atoms with E-state index in [2.05, 4.69) is 65.9 Å². The predicted molar refractivity (Wildman–Crippen MR) is 118 cm³/mol. The van der Waals surface area contributed by atoms with Gasteiger partial charge in [-0.1, -0.05) is 50.7 Å². The van der Waals surface area contributed by atoms with Gasteiger partial charge in [-0.05, 0) is 36.5 Å². The Morgan fingerprint density at radius 2 is 1.86 bits per heavy atom. The van der Waals surface area contributed by atoms with Gasteiger partial charge in [0.25, 0.3) is 0 Å². The number of carbonyl (C=O) groups excluding carboxylic acids is 1. The summed E-state index contributed by atoms with van der Waals surface area (Å²) in [7, 11) is 1.94. The van der Waals surface area contributed by atoms with E-state index in [0.717, 1.165) is 41.5 Å². The fourth-order valence-electron chi connectivity index (χ4n) is 3.08. The quantitative estimate of drug-likeness (QED) is 0.529. The SMILES string of the molecule is CCc1cc(-c2nnc(SCC(=O)Nc3c(CC)cccc3CC)n2C)cs1. The lowest BCUT2D eigenvalue weighted by Crippen LogP contribution is -2.17. The first-order chi connectivity index (χ1) is 13.6. The minimum absolute atomic E-state index is 0.0195. The average molecular weight is 415 g/mol. The third-order valence-corrected chi connectivity index (χ3v) is 6.79. The first-order valence-corrected chi connectivity index (χ1v) is 11.4. The minimum atomic E-state index is -0.0195. The molecule has 0 atom stereocenters. The molecule has 0 aliphatic heterocycles. The van der Waals surface area contributed by atoms with Crippen LogP contribution in [-0.4, -0.2) is 26.4 Å². The molecule has 3 aromatic rings. The number of carbonyl (C=O) groups is 1. The summed E-state index contributed by atoms with van der Waals surface area (Å²) in [5, 5.41) is 14.5. The number of aromatic nitrogens is 3. The molecule has 1 aromatic carbocycles. The van der Waals surface area contributed by atoms with Crippen molar-refractivity contribution in [2.24, 2.45) is 7.05 Å². The number of anilines is 1. The molecule has 148 valence electrons. The number of nitrogens with one attached hydrogen (secondary N) is 1. The van der Waals surface area contributed by atoms with Gasteiger partial charge in [0.2, 0.25) is 5.91 Å². The summed E-state index contributed by atoms with van der Waals surface area (Å²) in [5.41, 5.74) is 4.38. The van der Waals surface area contributed by atoms with Crippen LogP contribution in [0, 0.1) is 0 Å². The van der Waals surface area contributed by atoms with Crippen LogP contribution in [0.15, 0.2) is 34.8 Å². The highest BCUT2D eigenvalue weighted by Gasteiger charge is 2.15. The van der Waals surface area contributed by atoms with Crippen molar-refractivity contribution in [1.82, 2.24) is 14.8 Å². The standard InChI is InChI=1S/C21H26N4OS2/c1-5-14-9-8-10-15(6-2)19(14)22-18(26)13-28-21-24-23-20(25(21)4)16-11-17(7-3)27-12-16/h8-12H,5-7,13H2,1-4H3,(H,22,26). The van der Waals surface area contributed by atoms with Crippen LogP contribution >= 0.6 is 23.1 Å². The molecule has 7 heteroatoms. The zero-order chi connectivity index (χ0) is 20.1. The maximum Gasteiger partial charge on any atom is 0.234 e. The second-order valence-corrected chi connectivity index (χ2v) is 8.45. The average Bonchev–Trinajstić information content (AvgIpc) is 3.32. The summed E-state index contributed by atoms with van der Waals surface area (Å²) in [5.74, 6) is 1.12. The van der Waals surface area contributed by atoms with E-state index >= 15 is 0 Å². The van der Waals surface area contributed by atoms with Gasteiger partial charge in [-0.15, -0.1) is 21.5 Å². The van der Waals surface area contributed by atoms with Crippen molar-refractivity contribution < 1.29 is 4.79 Å². The van der Waals surface area contributed by atoms with Gasteiger partial charge in [0, 0.05) is 28.6 Å². The lowest BCUT2D eigenvalue weighted by atomic mass is 10.0. The number of thiophene rings is 1. The van der Waals surface area contributed by atoms with Gasteiger partial charge in [0.05, 0.1) is 5.75 Å². The van der Waals surface area contributed by atoms with Gasteiger partial charge < -0.3 is 9.88 Å². The van der Waals surface area contributed by atoms with Crippen molar-refractivity contribution in [3.8, 4) is 11.4 Å². The molecule has 0 bridgehead atoms. The second kappa shape index (κ2) is 9.39. The highest BCUT2D eigenvalue weighted by molar-refractivity contribution is 7.99. The minimum Gasteiger partial charge on any atom is -0.325 e. The summed E-state index contributed by atoms with van der Waals surface area (Å²) in [6.07, 6.45) is 2.80. The lowest BCUT2D eigenvalue weighted by molar-refractivity contribution is -0.113. The van der Waals surface area contributed by atoms with Gasteiger partial charge in [-0.25, -0.2) is 0 Å². The molecule has 2 heterocycles. The molecule has 1 amide bonds. The van der Waals surface area contributed by atoms with Gasteiger partial charge >= 0.3 is 0 Å². The Labute approximate surface area is 174 Å². The van der Waals surface area contributed by atoms with Crippen LogP contribution in [0.1, 0.15) is 36.8 Å². The highest BCUT2D eigenvalue weighted by atomic mass is 32.2. The van der Waals surface area contributed by atoms with E-state index in [9.17, 15) is 4.79 Å². The van der Waals surface area contributed by atoms with Crippen LogP contribution in [0.2, 0.25) is 0 Å². The van der Waals surface area contributed by atoms with Gasteiger partial charge in [-0.2, -0.15) is 0 Å². The summed E-state index contributed by atoms with van der Waals surface area (Å²) >= 11 is 3.15. The molecule has 28 heavy (non-hydrogen) atoms. The van der Waals surface area contributed by atoms with Crippen molar-refractivity contribution in [3.05, 3.63) is 45.6 Å². The van der Waals surface area contributed by atoms with Crippen molar-refractivity contribution in [2.75, 3.05) is 11.1 Å². The van der Waals surface area contributed by atoms with Crippen LogP contribution in [0.5, 0.6) is 0 Å². The molecular weight excluding hydrogens is 388 g/mol. The number of aryl methyl sites for hydroxylation is 3. The van der Waals surface area contributed by atoms with Gasteiger partial charge in [0.1, 0.15) is 0 Å². The van der Waals surface area contributed by atoms with Gasteiger partial charge in [0.15, 0.2) is 11.0 Å². The molecule has 0 unspecified atom stereocenters. The summed E-state index contributed by atoms with van der Waals surface area (Å²) < 4.78 is 1.96. The summed E-state index contributed by atoms with van der Waals surface area (Å²) in [6, 6.07) is 8.35. The number of hydrogen-bond donors (Lipinski definition) is 1. The Kier molecular flexibility index (Phi) is 6.91. The largest absolute Gasteiger partial charge is 0.325 e. The first kappa shape index (κ1) is 20.6. The van der Waals surface area contributed by atoms with Crippen molar-refractivity contribution in [1.29, 1.82) is 0 Å². The topological polar surface area (TPSA) is 59.8 Å². The molecule has 3 rings (SSSR count). The van der Waals surface area contributed by atoms with Crippen LogP contribution in [0.25, 0.3) is 11.4 Å². The molecule has 0 radical (unpaired) electrons. The number of benzene rings is 1. The Morgan fingerprint density at radius 3 is 2.46 bits per heavy atom. The molecule has 0 spiro atoms. The first-order valence-electron chi connectivity index (χ1n) is 9.57. The zero-order valence-electron chi connectivity index (χ0n) is 16.8. The van der Waals surface area contributed by atoms with Crippen LogP contribution < -0.4 is 5.32 Å². The molecule has 5 nitrogen and oxygen atoms in total. The second-order valence-electron chi connectivity index (χ2n) is 6.52. The smallest absolute Gasteiger partial charge is 0.234 e. The molecule has 2 aromatic heterocycles. The lowest BCUT2D eigenvalue weighted by Gasteiger charge is -2.14. The van der Waals surface area contributed by atoms with Crippen molar-refractivity contribution in [3.63, 3.8) is 0 Å². The molecule has 0 aliphatic rings. The maximum absolute atomic E-state index is 12.6. The van der Waals surface area contributed by atoms with Crippen molar-refractivity contribution >= 4 is 34.7 Å². The van der Waals surface area contributed by atoms with E-state index in [1.165, 1.54) is 27.8 Å². The van der Waals surface area contributed by atoms with E-state index in [-0.39, 0.29) is 5.91 Å². The molecule has 0 aliphatic carbocycles. The third-order valence-electron chi connectivity index (χ3n) is 4.69. The van der Waals surface area contributed by atoms with Crippen LogP contribution in [-0.2, 0) is 31.1 Å². The van der Waals surface area contributed by atoms with E-state index in [4.69, 9.17) is 0 Å². The Morgan fingerprint density at radius 1 is 1.14 bits per heavy atom. The monoisotopic (exact) mass is 414 g/mol. The highest BCUT2D eigenvalue weighted by Crippen LogP contribution is 2.27. The van der Waals surface area contributed by atoms with E-state index in [1.807, 2.05) is 11.6 Å². The Hall–Kier alpha value is -2.12. The van der Waals surface area contributed by atoms with E-state index < -0.39 is 0 Å². The molecule has 0 fully saturated rings. The van der Waals surface area contributed by atoms with E-state index in [0.29, 0.717) is 5.75 Å². The number of rotatable bonds is 8. The van der Waals surface area contributed by atoms with Crippen LogP contribution in [0.3, 0.4) is 0 Å². The fraction of sp³-hybridized carbons (Fsp3) is 0.381. The molecule has 0 saturated carbocycles. The third kappa shape index (κ3) is 4.47. The number of thioether (sulfide) groups is 1. The normalized spacial score (nSPS) is 11.0. The van der Waals surface area contributed by atoms with Crippen LogP contribution in [0.4, 0.5) is 5.69 Å². The molecule has 0 saturated heterocycles. The number of para-hydroxylation sites is 1. The zero-order valence-corrected chi connectivity index (χ0v) is 18.4. The molecule has 1 N–H and O–H groups in total. The van der Waals surface area contributed by atoms with E-state index in [1.54, 1.807) is 11.3 Å². The summed E-state index contributed by atoms with van der Waals surface area (Å²) in [4.78, 5) is 13.9. The fourth-order valence-corrected chi connectivity index (χ4v) is 4.61. The van der Waals surface area contributed by atoms with Gasteiger partial charge in [-0.3, -0.25) is 4.79 Å². The van der Waals surface area contributed by atoms with Crippen molar-refractivity contribution in [2.45, 2.75) is 45.2 Å². The summed E-state index contributed by atoms with van der Waals surface area (Å²) in [6.45, 7) is 6.36.